The fourth-order valence-corrected chi connectivity index (χ4v) is 5.64. The van der Waals surface area contributed by atoms with Crippen molar-refractivity contribution in [3.63, 3.8) is 0 Å². The summed E-state index contributed by atoms with van der Waals surface area (Å²) in [6.45, 7) is 4.69. The minimum absolute atomic E-state index is 0.0201. The molecule has 0 bridgehead atoms. The number of benzene rings is 3. The maximum Gasteiger partial charge on any atom is 0.323 e. The molecule has 2 saturated heterocycles. The van der Waals surface area contributed by atoms with Gasteiger partial charge in [0.05, 0.1) is 24.0 Å². The predicted molar refractivity (Wildman–Crippen MR) is 160 cm³/mol. The number of anilines is 4. The van der Waals surface area contributed by atoms with Gasteiger partial charge in [-0.25, -0.2) is 4.79 Å². The Kier molecular flexibility index (Phi) is 8.56. The summed E-state index contributed by atoms with van der Waals surface area (Å²) in [5.41, 5.74) is 3.86. The molecule has 5 rings (SSSR count). The second kappa shape index (κ2) is 12.4. The highest BCUT2D eigenvalue weighted by molar-refractivity contribution is 9.10. The highest BCUT2D eigenvalue weighted by Crippen LogP contribution is 2.32. The summed E-state index contributed by atoms with van der Waals surface area (Å²) in [4.78, 5) is 33.0. The maximum atomic E-state index is 13.7. The van der Waals surface area contributed by atoms with Gasteiger partial charge < -0.3 is 30.1 Å². The van der Waals surface area contributed by atoms with Crippen molar-refractivity contribution in [1.29, 1.82) is 0 Å². The molecule has 39 heavy (non-hydrogen) atoms. The van der Waals surface area contributed by atoms with Crippen molar-refractivity contribution in [2.45, 2.75) is 19.3 Å². The molecule has 0 spiro atoms. The Morgan fingerprint density at radius 3 is 2.15 bits per heavy atom. The standard InChI is InChI=1S/C30H34BrN5O3/c1-39-28-12-6-5-11-27(28)35-19-17-34(18-20-35)26-14-13-22(21-23(26)29(37)36-15-7-2-8-16-36)32-30(38)33-25-10-4-3-9-24(25)31/h3-6,9-14,21H,2,7-8,15-20H2,1H3,(H2,32,33,38). The number of likely N-dealkylation sites (tertiary alicyclic amines) is 1. The average Bonchev–Trinajstić information content (AvgIpc) is 2.98. The van der Waals surface area contributed by atoms with Crippen LogP contribution in [0.2, 0.25) is 0 Å². The van der Waals surface area contributed by atoms with Gasteiger partial charge in [-0.15, -0.1) is 0 Å². The SMILES string of the molecule is COc1ccccc1N1CCN(c2ccc(NC(=O)Nc3ccccc3Br)cc2C(=O)N2CCCCC2)CC1. The molecule has 0 unspecified atom stereocenters. The van der Waals surface area contributed by atoms with E-state index in [0.29, 0.717) is 16.9 Å². The Bertz CT molecular complexity index is 1320. The number of ether oxygens (including phenoxy) is 1. The van der Waals surface area contributed by atoms with Gasteiger partial charge in [0.1, 0.15) is 5.75 Å². The second-order valence-electron chi connectivity index (χ2n) is 9.79. The molecule has 2 fully saturated rings. The van der Waals surface area contributed by atoms with Gasteiger partial charge in [0, 0.05) is 55.1 Å². The molecule has 3 aromatic rings. The van der Waals surface area contributed by atoms with Gasteiger partial charge in [0.2, 0.25) is 0 Å². The lowest BCUT2D eigenvalue weighted by atomic mass is 10.1. The lowest BCUT2D eigenvalue weighted by Gasteiger charge is -2.39. The Labute approximate surface area is 238 Å². The molecule has 3 aromatic carbocycles. The number of carbonyl (C=O) groups excluding carboxylic acids is 2. The van der Waals surface area contributed by atoms with Gasteiger partial charge in [-0.2, -0.15) is 0 Å². The first-order valence-electron chi connectivity index (χ1n) is 13.4. The minimum atomic E-state index is -0.364. The molecule has 8 nitrogen and oxygen atoms in total. The third-order valence-electron chi connectivity index (χ3n) is 7.30. The van der Waals surface area contributed by atoms with Crippen molar-refractivity contribution in [1.82, 2.24) is 4.90 Å². The van der Waals surface area contributed by atoms with Gasteiger partial charge in [-0.05, 0) is 77.7 Å². The maximum absolute atomic E-state index is 13.7. The van der Waals surface area contributed by atoms with Crippen LogP contribution in [0.3, 0.4) is 0 Å². The molecular formula is C30H34BrN5O3. The van der Waals surface area contributed by atoms with E-state index in [1.165, 1.54) is 0 Å². The van der Waals surface area contributed by atoms with Crippen molar-refractivity contribution in [3.8, 4) is 5.75 Å². The number of hydrogen-bond donors (Lipinski definition) is 2. The number of urea groups is 1. The summed E-state index contributed by atoms with van der Waals surface area (Å²) < 4.78 is 6.36. The van der Waals surface area contributed by atoms with Crippen LogP contribution in [-0.2, 0) is 0 Å². The third kappa shape index (κ3) is 6.30. The van der Waals surface area contributed by atoms with E-state index in [1.54, 1.807) is 7.11 Å². The molecule has 0 aromatic heterocycles. The van der Waals surface area contributed by atoms with E-state index in [-0.39, 0.29) is 11.9 Å². The van der Waals surface area contributed by atoms with E-state index in [2.05, 4.69) is 42.4 Å². The summed E-state index contributed by atoms with van der Waals surface area (Å²) in [5, 5.41) is 5.76. The summed E-state index contributed by atoms with van der Waals surface area (Å²) in [7, 11) is 1.70. The van der Waals surface area contributed by atoms with Crippen LogP contribution in [0.25, 0.3) is 0 Å². The monoisotopic (exact) mass is 591 g/mol. The predicted octanol–water partition coefficient (Wildman–Crippen LogP) is 6.05. The molecule has 0 saturated carbocycles. The Balaban J connectivity index is 1.35. The number of nitrogens with one attached hydrogen (secondary N) is 2. The normalized spacial score (nSPS) is 15.6. The molecule has 2 heterocycles. The Morgan fingerprint density at radius 2 is 1.44 bits per heavy atom. The van der Waals surface area contributed by atoms with Crippen LogP contribution in [0, 0.1) is 0 Å². The molecule has 9 heteroatoms. The van der Waals surface area contributed by atoms with E-state index in [0.717, 1.165) is 80.1 Å². The van der Waals surface area contributed by atoms with Gasteiger partial charge >= 0.3 is 6.03 Å². The van der Waals surface area contributed by atoms with Crippen molar-refractivity contribution in [2.24, 2.45) is 0 Å². The first-order chi connectivity index (χ1) is 19.0. The number of rotatable bonds is 6. The summed E-state index contributed by atoms with van der Waals surface area (Å²) >= 11 is 3.46. The largest absolute Gasteiger partial charge is 0.495 e. The molecule has 2 aliphatic rings. The van der Waals surface area contributed by atoms with Crippen molar-refractivity contribution in [2.75, 3.05) is 66.8 Å². The third-order valence-corrected chi connectivity index (χ3v) is 7.99. The molecule has 0 aliphatic carbocycles. The molecule has 0 radical (unpaired) electrons. The summed E-state index contributed by atoms with van der Waals surface area (Å²) in [6, 6.07) is 20.8. The van der Waals surface area contributed by atoms with E-state index in [9.17, 15) is 9.59 Å². The smallest absolute Gasteiger partial charge is 0.323 e. The van der Waals surface area contributed by atoms with Gasteiger partial charge in [0.25, 0.3) is 5.91 Å². The molecule has 2 N–H and O–H groups in total. The lowest BCUT2D eigenvalue weighted by molar-refractivity contribution is 0.0725. The number of halogens is 1. The number of nitrogens with zero attached hydrogens (tertiary/aromatic N) is 3. The first-order valence-corrected chi connectivity index (χ1v) is 14.2. The highest BCUT2D eigenvalue weighted by atomic mass is 79.9. The molecule has 0 atom stereocenters. The quantitative estimate of drug-likeness (QED) is 0.364. The Hall–Kier alpha value is -3.72. The zero-order chi connectivity index (χ0) is 27.2. The van der Waals surface area contributed by atoms with Crippen LogP contribution in [0.4, 0.5) is 27.5 Å². The van der Waals surface area contributed by atoms with Crippen LogP contribution in [0.5, 0.6) is 5.75 Å². The number of para-hydroxylation sites is 3. The summed E-state index contributed by atoms with van der Waals surface area (Å²) in [6.07, 6.45) is 3.19. The lowest BCUT2D eigenvalue weighted by Crippen LogP contribution is -2.47. The van der Waals surface area contributed by atoms with Crippen molar-refractivity contribution in [3.05, 3.63) is 76.8 Å². The summed E-state index contributed by atoms with van der Waals surface area (Å²) in [5.74, 6) is 0.884. The highest BCUT2D eigenvalue weighted by Gasteiger charge is 2.26. The van der Waals surface area contributed by atoms with Crippen LogP contribution < -0.4 is 25.2 Å². The number of amides is 3. The zero-order valence-corrected chi connectivity index (χ0v) is 23.7. The van der Waals surface area contributed by atoms with Crippen LogP contribution in [-0.4, -0.2) is 63.2 Å². The topological polar surface area (TPSA) is 77.1 Å². The Morgan fingerprint density at radius 1 is 0.769 bits per heavy atom. The molecular weight excluding hydrogens is 558 g/mol. The number of piperazine rings is 1. The fraction of sp³-hybridized carbons (Fsp3) is 0.333. The van der Waals surface area contributed by atoms with Gasteiger partial charge in [0.15, 0.2) is 0 Å². The first kappa shape index (κ1) is 26.9. The minimum Gasteiger partial charge on any atom is -0.495 e. The van der Waals surface area contributed by atoms with E-state index >= 15 is 0 Å². The molecule has 2 aliphatic heterocycles. The van der Waals surface area contributed by atoms with Crippen LogP contribution in [0.15, 0.2) is 71.2 Å². The van der Waals surface area contributed by atoms with Crippen molar-refractivity contribution < 1.29 is 14.3 Å². The van der Waals surface area contributed by atoms with Crippen molar-refractivity contribution >= 4 is 50.6 Å². The average molecular weight is 593 g/mol. The number of piperidine rings is 1. The van der Waals surface area contributed by atoms with Crippen LogP contribution in [0.1, 0.15) is 29.6 Å². The fourth-order valence-electron chi connectivity index (χ4n) is 5.25. The molecule has 204 valence electrons. The molecule has 3 amide bonds. The number of methoxy groups -OCH3 is 1. The van der Waals surface area contributed by atoms with E-state index < -0.39 is 0 Å². The van der Waals surface area contributed by atoms with Gasteiger partial charge in [-0.1, -0.05) is 24.3 Å². The number of carbonyl (C=O) groups is 2. The second-order valence-corrected chi connectivity index (χ2v) is 10.6. The van der Waals surface area contributed by atoms with E-state index in [1.807, 2.05) is 65.6 Å². The zero-order valence-electron chi connectivity index (χ0n) is 22.2. The van der Waals surface area contributed by atoms with Gasteiger partial charge in [-0.3, -0.25) is 4.79 Å². The van der Waals surface area contributed by atoms with Crippen LogP contribution >= 0.6 is 15.9 Å². The number of hydrogen-bond acceptors (Lipinski definition) is 5. The van der Waals surface area contributed by atoms with E-state index in [4.69, 9.17) is 4.74 Å².